The lowest BCUT2D eigenvalue weighted by molar-refractivity contribution is -0.153. The smallest absolute Gasteiger partial charge is 0.263 e. The third-order valence-electron chi connectivity index (χ3n) is 7.94. The second-order valence-corrected chi connectivity index (χ2v) is 12.0. The number of nitrogens with one attached hydrogen (secondary N) is 2. The van der Waals surface area contributed by atoms with E-state index >= 15 is 0 Å². The Bertz CT molecular complexity index is 1380. The number of amides is 3. The predicted molar refractivity (Wildman–Crippen MR) is 138 cm³/mol. The molecule has 3 amide bonds. The maximum atomic E-state index is 14.3. The third-order valence-corrected chi connectivity index (χ3v) is 8.48. The molecule has 0 saturated heterocycles. The Morgan fingerprint density at radius 1 is 1.10 bits per heavy atom. The fraction of sp³-hybridized carbons (Fsp3) is 0.444. The van der Waals surface area contributed by atoms with Gasteiger partial charge >= 0.3 is 0 Å². The van der Waals surface area contributed by atoms with Gasteiger partial charge in [-0.05, 0) is 62.9 Å². The number of hydrogen-bond donors (Lipinski definition) is 2. The van der Waals surface area contributed by atoms with Crippen LogP contribution in [-0.4, -0.2) is 53.7 Å². The number of nitrogens with zero attached hydrogens (tertiary/aromatic N) is 1. The van der Waals surface area contributed by atoms with E-state index < -0.39 is 40.5 Å². The Balaban J connectivity index is 1.04. The summed E-state index contributed by atoms with van der Waals surface area (Å²) < 4.78 is 39.1. The summed E-state index contributed by atoms with van der Waals surface area (Å²) in [6.07, 6.45) is 0.763. The molecule has 2 aromatic carbocycles. The highest BCUT2D eigenvalue weighted by Crippen LogP contribution is 2.60. The minimum absolute atomic E-state index is 0.0368. The van der Waals surface area contributed by atoms with Crippen LogP contribution in [0.5, 0.6) is 11.5 Å². The standard InChI is InChI=1S/C27H25Cl2F2N3O5/c1-25(31)8-16(25)24(37)34-9-21(39-20-5-2-14(28)6-19(20)34)23(36)33-27-11-26(12-27,13-27)32-22(35)10-38-15-3-4-17(29)18(30)7-15/h2-7,16,21H,8-13H2,1H3,(H,32,35)(H,33,36). The van der Waals surface area contributed by atoms with Gasteiger partial charge in [0.1, 0.15) is 23.0 Å². The Hall–Kier alpha value is -3.11. The quantitative estimate of drug-likeness (QED) is 0.517. The zero-order chi connectivity index (χ0) is 27.7. The third kappa shape index (κ3) is 4.78. The van der Waals surface area contributed by atoms with Gasteiger partial charge in [0.2, 0.25) is 5.91 Å². The molecule has 4 aliphatic carbocycles. The molecular weight excluding hydrogens is 555 g/mol. The van der Waals surface area contributed by atoms with Gasteiger partial charge in [-0.25, -0.2) is 8.78 Å². The van der Waals surface area contributed by atoms with Crippen molar-refractivity contribution in [2.24, 2.45) is 5.92 Å². The van der Waals surface area contributed by atoms with E-state index in [9.17, 15) is 23.2 Å². The summed E-state index contributed by atoms with van der Waals surface area (Å²) in [5, 5.41) is 6.31. The molecule has 12 heteroatoms. The van der Waals surface area contributed by atoms with Gasteiger partial charge in [0, 0.05) is 22.2 Å². The van der Waals surface area contributed by atoms with E-state index in [-0.39, 0.29) is 42.2 Å². The van der Waals surface area contributed by atoms with E-state index in [1.165, 1.54) is 24.0 Å². The van der Waals surface area contributed by atoms with Crippen LogP contribution in [0.15, 0.2) is 36.4 Å². The number of halogens is 4. The van der Waals surface area contributed by atoms with Crippen LogP contribution in [-0.2, 0) is 14.4 Å². The first-order chi connectivity index (χ1) is 18.4. The number of ether oxygens (including phenoxy) is 2. The molecule has 1 heterocycles. The Labute approximate surface area is 232 Å². The molecule has 1 aliphatic heterocycles. The van der Waals surface area contributed by atoms with Gasteiger partial charge in [-0.1, -0.05) is 23.2 Å². The van der Waals surface area contributed by atoms with Crippen molar-refractivity contribution in [2.45, 2.75) is 55.5 Å². The molecule has 4 fully saturated rings. The molecule has 5 aliphatic rings. The molecule has 3 unspecified atom stereocenters. The number of fused-ring (bicyclic) bond motifs is 1. The number of benzene rings is 2. The van der Waals surface area contributed by atoms with Crippen molar-refractivity contribution in [1.82, 2.24) is 10.6 Å². The number of carbonyl (C=O) groups excluding carboxylic acids is 3. The maximum absolute atomic E-state index is 14.3. The van der Waals surface area contributed by atoms with E-state index in [4.69, 9.17) is 32.7 Å². The number of hydrogen-bond acceptors (Lipinski definition) is 5. The Morgan fingerprint density at radius 3 is 2.46 bits per heavy atom. The highest BCUT2D eigenvalue weighted by atomic mass is 35.5. The van der Waals surface area contributed by atoms with E-state index in [0.29, 0.717) is 35.7 Å². The average molecular weight is 580 g/mol. The lowest BCUT2D eigenvalue weighted by Gasteiger charge is -2.70. The monoisotopic (exact) mass is 579 g/mol. The molecule has 0 radical (unpaired) electrons. The largest absolute Gasteiger partial charge is 0.484 e. The highest BCUT2D eigenvalue weighted by molar-refractivity contribution is 6.31. The molecule has 8 nitrogen and oxygen atoms in total. The van der Waals surface area contributed by atoms with Crippen LogP contribution in [0.3, 0.4) is 0 Å². The van der Waals surface area contributed by atoms with Gasteiger partial charge in [0.05, 0.1) is 23.2 Å². The minimum Gasteiger partial charge on any atom is -0.484 e. The first kappa shape index (κ1) is 26.1. The summed E-state index contributed by atoms with van der Waals surface area (Å²) in [5.41, 5.74) is -2.06. The van der Waals surface area contributed by atoms with E-state index in [2.05, 4.69) is 10.6 Å². The highest BCUT2D eigenvalue weighted by Gasteiger charge is 2.69. The van der Waals surface area contributed by atoms with Crippen LogP contribution in [0.1, 0.15) is 32.6 Å². The van der Waals surface area contributed by atoms with Crippen molar-refractivity contribution in [3.63, 3.8) is 0 Å². The van der Waals surface area contributed by atoms with Crippen molar-refractivity contribution in [1.29, 1.82) is 0 Å². The van der Waals surface area contributed by atoms with Crippen LogP contribution in [0.2, 0.25) is 10.0 Å². The van der Waals surface area contributed by atoms with E-state index in [1.807, 2.05) is 0 Å². The van der Waals surface area contributed by atoms with Crippen molar-refractivity contribution in [2.75, 3.05) is 18.1 Å². The second-order valence-electron chi connectivity index (χ2n) is 11.2. The van der Waals surface area contributed by atoms with Crippen LogP contribution in [0.4, 0.5) is 14.5 Å². The fourth-order valence-corrected chi connectivity index (χ4v) is 6.20. The number of anilines is 1. The van der Waals surface area contributed by atoms with Gasteiger partial charge in [-0.3, -0.25) is 14.4 Å². The summed E-state index contributed by atoms with van der Waals surface area (Å²) in [4.78, 5) is 40.1. The average Bonchev–Trinajstić information content (AvgIpc) is 3.49. The molecule has 7 rings (SSSR count). The van der Waals surface area contributed by atoms with Crippen LogP contribution in [0, 0.1) is 11.7 Å². The summed E-state index contributed by atoms with van der Waals surface area (Å²) in [5.74, 6) is -2.04. The number of alkyl halides is 1. The lowest BCUT2D eigenvalue weighted by Crippen LogP contribution is -2.84. The molecule has 0 aromatic heterocycles. The second kappa shape index (κ2) is 8.96. The van der Waals surface area contributed by atoms with Crippen LogP contribution >= 0.6 is 23.2 Å². The van der Waals surface area contributed by atoms with E-state index in [1.54, 1.807) is 18.2 Å². The topological polar surface area (TPSA) is 97.0 Å². The summed E-state index contributed by atoms with van der Waals surface area (Å²) >= 11 is 11.8. The number of rotatable bonds is 7. The Kier molecular flexibility index (Phi) is 6.00. The maximum Gasteiger partial charge on any atom is 0.263 e. The molecule has 0 spiro atoms. The zero-order valence-electron chi connectivity index (χ0n) is 20.9. The summed E-state index contributed by atoms with van der Waals surface area (Å²) in [6, 6.07) is 8.69. The summed E-state index contributed by atoms with van der Waals surface area (Å²) in [6.45, 7) is 1.04. The molecular formula is C27H25Cl2F2N3O5. The molecule has 39 heavy (non-hydrogen) atoms. The first-order valence-corrected chi connectivity index (χ1v) is 13.3. The molecule has 2 N–H and O–H groups in total. The zero-order valence-corrected chi connectivity index (χ0v) is 22.4. The van der Waals surface area contributed by atoms with E-state index in [0.717, 1.165) is 6.07 Å². The SMILES string of the molecule is CC1(F)CC1C(=O)N1CC(C(=O)NC23CC(NC(=O)COc4ccc(Cl)c(F)c4)(C2)C3)Oc2ccc(Cl)cc21. The van der Waals surface area contributed by atoms with Crippen molar-refractivity contribution in [3.05, 3.63) is 52.3 Å². The van der Waals surface area contributed by atoms with Crippen LogP contribution in [0.25, 0.3) is 0 Å². The van der Waals surface area contributed by atoms with Gasteiger partial charge in [0.15, 0.2) is 12.7 Å². The number of carbonyl (C=O) groups is 3. The Morgan fingerprint density at radius 2 is 1.79 bits per heavy atom. The summed E-state index contributed by atoms with van der Waals surface area (Å²) in [7, 11) is 0. The first-order valence-electron chi connectivity index (χ1n) is 12.6. The van der Waals surface area contributed by atoms with Crippen LogP contribution < -0.4 is 25.0 Å². The van der Waals surface area contributed by atoms with Gasteiger partial charge < -0.3 is 25.0 Å². The van der Waals surface area contributed by atoms with Gasteiger partial charge in [-0.2, -0.15) is 0 Å². The van der Waals surface area contributed by atoms with Crippen molar-refractivity contribution in [3.8, 4) is 11.5 Å². The van der Waals surface area contributed by atoms with Crippen molar-refractivity contribution >= 4 is 46.6 Å². The fourth-order valence-electron chi connectivity index (χ4n) is 5.92. The molecule has 2 aromatic rings. The minimum atomic E-state index is -1.56. The predicted octanol–water partition coefficient (Wildman–Crippen LogP) is 3.96. The molecule has 3 atom stereocenters. The normalized spacial score (nSPS) is 31.6. The lowest BCUT2D eigenvalue weighted by atomic mass is 9.44. The molecule has 4 saturated carbocycles. The molecule has 2 bridgehead atoms. The molecule has 206 valence electrons. The van der Waals surface area contributed by atoms with Gasteiger partial charge in [-0.15, -0.1) is 0 Å². The van der Waals surface area contributed by atoms with Crippen molar-refractivity contribution < 1.29 is 32.6 Å². The van der Waals surface area contributed by atoms with Gasteiger partial charge in [0.25, 0.3) is 11.8 Å².